The molecule has 0 aromatic carbocycles. The lowest BCUT2D eigenvalue weighted by Crippen LogP contribution is -2.24. The van der Waals surface area contributed by atoms with Gasteiger partial charge in [0, 0.05) is 15.4 Å². The van der Waals surface area contributed by atoms with Gasteiger partial charge in [-0.15, -0.1) is 11.3 Å². The Hall–Kier alpha value is 0.140. The molecular formula is C10H14BrNS. The van der Waals surface area contributed by atoms with E-state index in [-0.39, 0.29) is 0 Å². The normalized spacial score (nSPS) is 33.9. The van der Waals surface area contributed by atoms with Crippen molar-refractivity contribution in [3.8, 4) is 0 Å². The molecule has 0 radical (unpaired) electrons. The molecule has 3 atom stereocenters. The van der Waals surface area contributed by atoms with Gasteiger partial charge in [-0.25, -0.2) is 0 Å². The SMILES string of the molecule is CC1C(N)CCC1c1sccc1Br. The van der Waals surface area contributed by atoms with Crippen LogP contribution in [0.15, 0.2) is 15.9 Å². The van der Waals surface area contributed by atoms with Crippen molar-refractivity contribution in [1.29, 1.82) is 0 Å². The summed E-state index contributed by atoms with van der Waals surface area (Å²) in [6.45, 7) is 2.27. The molecule has 0 bridgehead atoms. The zero-order chi connectivity index (χ0) is 9.42. The molecule has 1 aromatic rings. The molecule has 3 unspecified atom stereocenters. The maximum Gasteiger partial charge on any atom is 0.0317 e. The number of hydrogen-bond donors (Lipinski definition) is 1. The topological polar surface area (TPSA) is 26.0 Å². The van der Waals surface area contributed by atoms with Gasteiger partial charge >= 0.3 is 0 Å². The standard InChI is InChI=1S/C10H14BrNS/c1-6-7(2-3-9(6)12)10-8(11)4-5-13-10/h4-7,9H,2-3,12H2,1H3. The van der Waals surface area contributed by atoms with Crippen molar-refractivity contribution >= 4 is 27.3 Å². The fourth-order valence-electron chi connectivity index (χ4n) is 2.14. The quantitative estimate of drug-likeness (QED) is 0.823. The van der Waals surface area contributed by atoms with Crippen molar-refractivity contribution in [2.75, 3.05) is 0 Å². The summed E-state index contributed by atoms with van der Waals surface area (Å²) in [6, 6.07) is 2.54. The predicted octanol–water partition coefficient (Wildman–Crippen LogP) is 3.35. The van der Waals surface area contributed by atoms with Crippen LogP contribution in [-0.4, -0.2) is 6.04 Å². The minimum absolute atomic E-state index is 0.402. The maximum absolute atomic E-state index is 6.01. The van der Waals surface area contributed by atoms with Crippen LogP contribution in [0, 0.1) is 5.92 Å². The molecule has 2 rings (SSSR count). The highest BCUT2D eigenvalue weighted by Gasteiger charge is 2.32. The lowest BCUT2D eigenvalue weighted by molar-refractivity contribution is 0.483. The van der Waals surface area contributed by atoms with E-state index in [4.69, 9.17) is 5.73 Å². The molecule has 0 spiro atoms. The second-order valence-electron chi connectivity index (χ2n) is 3.84. The fourth-order valence-corrected chi connectivity index (χ4v) is 4.06. The molecule has 3 heteroatoms. The number of thiophene rings is 1. The molecule has 0 aliphatic heterocycles. The molecule has 1 aliphatic rings. The Labute approximate surface area is 91.5 Å². The van der Waals surface area contributed by atoms with Crippen molar-refractivity contribution in [1.82, 2.24) is 0 Å². The van der Waals surface area contributed by atoms with E-state index >= 15 is 0 Å². The van der Waals surface area contributed by atoms with Gasteiger partial charge in [-0.3, -0.25) is 0 Å². The van der Waals surface area contributed by atoms with E-state index in [2.05, 4.69) is 34.3 Å². The summed E-state index contributed by atoms with van der Waals surface area (Å²) in [4.78, 5) is 1.49. The highest BCUT2D eigenvalue weighted by atomic mass is 79.9. The van der Waals surface area contributed by atoms with Crippen LogP contribution < -0.4 is 5.73 Å². The van der Waals surface area contributed by atoms with Crippen LogP contribution in [0.2, 0.25) is 0 Å². The van der Waals surface area contributed by atoms with Gasteiger partial charge in [0.25, 0.3) is 0 Å². The molecule has 1 aliphatic carbocycles. The lowest BCUT2D eigenvalue weighted by atomic mass is 9.95. The predicted molar refractivity (Wildman–Crippen MR) is 61.1 cm³/mol. The number of halogens is 1. The third-order valence-corrected chi connectivity index (χ3v) is 5.11. The molecule has 1 nitrogen and oxygen atoms in total. The minimum Gasteiger partial charge on any atom is -0.327 e. The first kappa shape index (κ1) is 9.69. The van der Waals surface area contributed by atoms with E-state index in [1.165, 1.54) is 22.2 Å². The van der Waals surface area contributed by atoms with Crippen LogP contribution in [0.1, 0.15) is 30.6 Å². The van der Waals surface area contributed by atoms with Gasteiger partial charge in [0.05, 0.1) is 0 Å². The molecule has 0 saturated heterocycles. The first-order valence-corrected chi connectivity index (χ1v) is 6.36. The summed E-state index contributed by atoms with van der Waals surface area (Å²) in [5.41, 5.74) is 6.01. The zero-order valence-corrected chi connectivity index (χ0v) is 10.1. The lowest BCUT2D eigenvalue weighted by Gasteiger charge is -2.17. The molecule has 1 heterocycles. The zero-order valence-electron chi connectivity index (χ0n) is 7.66. The molecule has 0 amide bonds. The Balaban J connectivity index is 2.23. The van der Waals surface area contributed by atoms with Crippen LogP contribution >= 0.6 is 27.3 Å². The monoisotopic (exact) mass is 259 g/mol. The number of nitrogens with two attached hydrogens (primary N) is 1. The van der Waals surface area contributed by atoms with Gasteiger partial charge < -0.3 is 5.73 Å². The van der Waals surface area contributed by atoms with Gasteiger partial charge in [0.2, 0.25) is 0 Å². The van der Waals surface area contributed by atoms with Crippen LogP contribution in [0.5, 0.6) is 0 Å². The maximum atomic E-state index is 6.01. The fraction of sp³-hybridized carbons (Fsp3) is 0.600. The summed E-state index contributed by atoms with van der Waals surface area (Å²) < 4.78 is 1.27. The highest BCUT2D eigenvalue weighted by molar-refractivity contribution is 9.10. The second-order valence-corrected chi connectivity index (χ2v) is 5.64. The van der Waals surface area contributed by atoms with Gasteiger partial charge in [-0.05, 0) is 52.1 Å². The largest absolute Gasteiger partial charge is 0.327 e. The third-order valence-electron chi connectivity index (χ3n) is 3.10. The minimum atomic E-state index is 0.402. The molecule has 2 N–H and O–H groups in total. The Bertz CT molecular complexity index is 297. The Morgan fingerprint density at radius 2 is 2.31 bits per heavy atom. The van der Waals surface area contributed by atoms with Crippen molar-refractivity contribution in [2.24, 2.45) is 11.7 Å². The average molecular weight is 260 g/mol. The molecule has 72 valence electrons. The Kier molecular flexibility index (Phi) is 2.77. The molecule has 13 heavy (non-hydrogen) atoms. The highest BCUT2D eigenvalue weighted by Crippen LogP contribution is 2.43. The van der Waals surface area contributed by atoms with Crippen molar-refractivity contribution < 1.29 is 0 Å². The van der Waals surface area contributed by atoms with E-state index in [1.807, 2.05) is 11.3 Å². The second kappa shape index (κ2) is 3.71. The average Bonchev–Trinajstić information content (AvgIpc) is 2.62. The summed E-state index contributed by atoms with van der Waals surface area (Å²) >= 11 is 5.44. The summed E-state index contributed by atoms with van der Waals surface area (Å²) in [5, 5.41) is 2.15. The van der Waals surface area contributed by atoms with E-state index in [1.54, 1.807) is 0 Å². The molecule has 1 fully saturated rings. The van der Waals surface area contributed by atoms with Gasteiger partial charge in [0.1, 0.15) is 0 Å². The first-order chi connectivity index (χ1) is 6.20. The van der Waals surface area contributed by atoms with Crippen LogP contribution in [0.3, 0.4) is 0 Å². The molecular weight excluding hydrogens is 246 g/mol. The van der Waals surface area contributed by atoms with Gasteiger partial charge in [-0.2, -0.15) is 0 Å². The Morgan fingerprint density at radius 1 is 1.54 bits per heavy atom. The van der Waals surface area contributed by atoms with Crippen LogP contribution in [0.4, 0.5) is 0 Å². The van der Waals surface area contributed by atoms with Crippen LogP contribution in [-0.2, 0) is 0 Å². The van der Waals surface area contributed by atoms with E-state index < -0.39 is 0 Å². The number of hydrogen-bond acceptors (Lipinski definition) is 2. The van der Waals surface area contributed by atoms with Crippen molar-refractivity contribution in [3.63, 3.8) is 0 Å². The summed E-state index contributed by atoms with van der Waals surface area (Å²) in [7, 11) is 0. The van der Waals surface area contributed by atoms with Gasteiger partial charge in [0.15, 0.2) is 0 Å². The number of rotatable bonds is 1. The van der Waals surface area contributed by atoms with E-state index in [0.717, 1.165) is 0 Å². The van der Waals surface area contributed by atoms with Crippen LogP contribution in [0.25, 0.3) is 0 Å². The van der Waals surface area contributed by atoms with E-state index in [9.17, 15) is 0 Å². The molecule has 1 saturated carbocycles. The summed E-state index contributed by atoms with van der Waals surface area (Å²) in [6.07, 6.45) is 2.43. The van der Waals surface area contributed by atoms with E-state index in [0.29, 0.717) is 17.9 Å². The smallest absolute Gasteiger partial charge is 0.0317 e. The Morgan fingerprint density at radius 3 is 2.77 bits per heavy atom. The molecule has 1 aromatic heterocycles. The first-order valence-electron chi connectivity index (χ1n) is 4.68. The van der Waals surface area contributed by atoms with Crippen molar-refractivity contribution in [3.05, 3.63) is 20.8 Å². The van der Waals surface area contributed by atoms with Gasteiger partial charge in [-0.1, -0.05) is 6.92 Å². The van der Waals surface area contributed by atoms with Crippen molar-refractivity contribution in [2.45, 2.75) is 31.7 Å². The summed E-state index contributed by atoms with van der Waals surface area (Å²) in [5.74, 6) is 1.32. The third kappa shape index (κ3) is 1.69.